The predicted octanol–water partition coefficient (Wildman–Crippen LogP) is 4.51. The first-order chi connectivity index (χ1) is 20.2. The zero-order chi connectivity index (χ0) is 31.3. The van der Waals surface area contributed by atoms with Crippen molar-refractivity contribution in [1.82, 2.24) is 10.3 Å². The van der Waals surface area contributed by atoms with E-state index in [0.29, 0.717) is 23.8 Å². The number of sulfone groups is 1. The Morgan fingerprint density at radius 2 is 1.84 bits per heavy atom. The molecule has 2 aliphatic rings. The summed E-state index contributed by atoms with van der Waals surface area (Å²) in [5.41, 5.74) is -5.96. The van der Waals surface area contributed by atoms with Crippen molar-refractivity contribution < 1.29 is 50.2 Å². The third kappa shape index (κ3) is 5.59. The van der Waals surface area contributed by atoms with E-state index in [1.807, 2.05) is 6.08 Å². The molecule has 5 rings (SSSR count). The Morgan fingerprint density at radius 3 is 2.49 bits per heavy atom. The van der Waals surface area contributed by atoms with Crippen molar-refractivity contribution >= 4 is 44.6 Å². The van der Waals surface area contributed by atoms with Crippen LogP contribution in [-0.2, 0) is 14.6 Å². The predicted molar refractivity (Wildman–Crippen MR) is 145 cm³/mol. The van der Waals surface area contributed by atoms with Crippen molar-refractivity contribution in [3.05, 3.63) is 71.0 Å². The van der Waals surface area contributed by atoms with E-state index >= 15 is 0 Å². The third-order valence-electron chi connectivity index (χ3n) is 7.26. The van der Waals surface area contributed by atoms with E-state index in [1.54, 1.807) is 6.08 Å². The topological polar surface area (TPSA) is 152 Å². The minimum absolute atomic E-state index is 0.0153. The fourth-order valence-electron chi connectivity index (χ4n) is 5.27. The number of allylic oxidation sites excluding steroid dienone is 1. The van der Waals surface area contributed by atoms with E-state index in [4.69, 9.17) is 4.74 Å². The van der Waals surface area contributed by atoms with E-state index in [0.717, 1.165) is 24.4 Å². The summed E-state index contributed by atoms with van der Waals surface area (Å²) in [5, 5.41) is 14.4. The van der Waals surface area contributed by atoms with Crippen LogP contribution < -0.4 is 15.4 Å². The van der Waals surface area contributed by atoms with Gasteiger partial charge < -0.3 is 20.5 Å². The van der Waals surface area contributed by atoms with Gasteiger partial charge in [0, 0.05) is 23.4 Å². The number of amides is 2. The number of carbonyl (C=O) groups is 3. The van der Waals surface area contributed by atoms with Crippen LogP contribution in [0.3, 0.4) is 0 Å². The van der Waals surface area contributed by atoms with Crippen LogP contribution in [0, 0.1) is 23.6 Å². The average molecular weight is 640 g/mol. The summed E-state index contributed by atoms with van der Waals surface area (Å²) in [4.78, 5) is 40.8. The van der Waals surface area contributed by atoms with Crippen LogP contribution in [0.5, 0.6) is 5.75 Å². The summed E-state index contributed by atoms with van der Waals surface area (Å²) >= 11 is 0.708. The minimum Gasteiger partial charge on any atom is -0.496 e. The Morgan fingerprint density at radius 1 is 1.12 bits per heavy atom. The van der Waals surface area contributed by atoms with Crippen molar-refractivity contribution in [1.29, 1.82) is 0 Å². The van der Waals surface area contributed by atoms with Gasteiger partial charge in [0.05, 0.1) is 29.7 Å². The number of alkyl halides is 3. The van der Waals surface area contributed by atoms with E-state index in [-0.39, 0.29) is 44.3 Å². The first-order valence-electron chi connectivity index (χ1n) is 12.5. The SMILES string of the molecule is COc1cc(F)c(-c2ncc(C(=O)O)s2)cc1C(=O)N[C@H]1[C@@H](C(=O)Nc2cccc(S(=O)(=O)C(F)(F)F)c2)[C@@H]2C=C[C@H]1C2. The van der Waals surface area contributed by atoms with Gasteiger partial charge in [0.25, 0.3) is 15.7 Å². The van der Waals surface area contributed by atoms with Gasteiger partial charge >= 0.3 is 11.5 Å². The molecule has 16 heteroatoms. The number of carbonyl (C=O) groups excluding carboxylic acids is 2. The van der Waals surface area contributed by atoms with Crippen molar-refractivity contribution in [3.63, 3.8) is 0 Å². The summed E-state index contributed by atoms with van der Waals surface area (Å²) in [7, 11) is -4.42. The Balaban J connectivity index is 1.40. The van der Waals surface area contributed by atoms with Crippen LogP contribution in [0.1, 0.15) is 26.5 Å². The van der Waals surface area contributed by atoms with Crippen molar-refractivity contribution in [2.75, 3.05) is 12.4 Å². The van der Waals surface area contributed by atoms with Crippen molar-refractivity contribution in [3.8, 4) is 16.3 Å². The summed E-state index contributed by atoms with van der Waals surface area (Å²) in [5.74, 6) is -5.04. The maximum Gasteiger partial charge on any atom is 0.501 e. The number of hydrogen-bond donors (Lipinski definition) is 3. The summed E-state index contributed by atoms with van der Waals surface area (Å²) in [6, 6.07) is 5.12. The Labute approximate surface area is 245 Å². The highest BCUT2D eigenvalue weighted by molar-refractivity contribution is 7.92. The van der Waals surface area contributed by atoms with Crippen LogP contribution >= 0.6 is 11.3 Å². The number of thiazole rings is 1. The van der Waals surface area contributed by atoms with Gasteiger partial charge in [0.15, 0.2) is 0 Å². The molecule has 0 aliphatic heterocycles. The number of fused-ring (bicyclic) bond motifs is 2. The molecule has 0 radical (unpaired) electrons. The summed E-state index contributed by atoms with van der Waals surface area (Å²) < 4.78 is 82.8. The molecule has 2 bridgehead atoms. The highest BCUT2D eigenvalue weighted by Crippen LogP contribution is 2.45. The number of halogens is 4. The van der Waals surface area contributed by atoms with E-state index in [1.165, 1.54) is 19.2 Å². The number of nitrogens with one attached hydrogen (secondary N) is 2. The molecule has 2 aromatic carbocycles. The van der Waals surface area contributed by atoms with Crippen LogP contribution in [0.2, 0.25) is 0 Å². The number of hydrogen-bond acceptors (Lipinski definition) is 8. The van der Waals surface area contributed by atoms with Gasteiger partial charge in [0.2, 0.25) is 5.91 Å². The van der Waals surface area contributed by atoms with Gasteiger partial charge in [-0.25, -0.2) is 22.6 Å². The number of methoxy groups -OCH3 is 1. The Bertz CT molecular complexity index is 1770. The van der Waals surface area contributed by atoms with Gasteiger partial charge in [-0.15, -0.1) is 11.3 Å². The molecule has 43 heavy (non-hydrogen) atoms. The average Bonchev–Trinajstić information content (AvgIpc) is 3.69. The number of aromatic carboxylic acids is 1. The summed E-state index contributed by atoms with van der Waals surface area (Å²) in [6.07, 6.45) is 5.17. The number of anilines is 1. The van der Waals surface area contributed by atoms with E-state index < -0.39 is 55.8 Å². The normalized spacial score (nSPS) is 21.0. The molecule has 3 aromatic rings. The number of benzene rings is 2. The molecule has 10 nitrogen and oxygen atoms in total. The molecule has 2 aliphatic carbocycles. The number of carboxylic acid groups (broad SMARTS) is 1. The largest absolute Gasteiger partial charge is 0.501 e. The van der Waals surface area contributed by atoms with Crippen molar-refractivity contribution in [2.45, 2.75) is 22.9 Å². The molecule has 1 aromatic heterocycles. The number of carboxylic acids is 1. The molecule has 0 saturated heterocycles. The molecule has 1 fully saturated rings. The fraction of sp³-hybridized carbons (Fsp3) is 0.259. The molecule has 2 amide bonds. The maximum atomic E-state index is 14.9. The number of ether oxygens (including phenoxy) is 1. The molecule has 0 spiro atoms. The smallest absolute Gasteiger partial charge is 0.496 e. The molecule has 1 heterocycles. The molecule has 0 unspecified atom stereocenters. The van der Waals surface area contributed by atoms with Gasteiger partial charge in [-0.3, -0.25) is 9.59 Å². The van der Waals surface area contributed by atoms with Crippen LogP contribution in [0.15, 0.2) is 59.6 Å². The van der Waals surface area contributed by atoms with Gasteiger partial charge in [-0.2, -0.15) is 13.2 Å². The highest BCUT2D eigenvalue weighted by atomic mass is 32.2. The van der Waals surface area contributed by atoms with Crippen LogP contribution in [0.4, 0.5) is 23.2 Å². The monoisotopic (exact) mass is 639 g/mol. The third-order valence-corrected chi connectivity index (χ3v) is 9.76. The molecular formula is C27H21F4N3O7S2. The highest BCUT2D eigenvalue weighted by Gasteiger charge is 2.49. The Kier molecular flexibility index (Phi) is 7.77. The number of rotatable bonds is 8. The minimum atomic E-state index is -5.65. The lowest BCUT2D eigenvalue weighted by atomic mass is 9.87. The molecular weight excluding hydrogens is 618 g/mol. The van der Waals surface area contributed by atoms with Gasteiger partial charge in [-0.1, -0.05) is 18.2 Å². The second-order valence-corrected chi connectivity index (χ2v) is 12.8. The van der Waals surface area contributed by atoms with Crippen LogP contribution in [0.25, 0.3) is 10.6 Å². The first-order valence-corrected chi connectivity index (χ1v) is 14.8. The standard InChI is InChI=1S/C27H21F4N3O7S2/c1-41-19-10-18(28)16(25-32-11-20(42-25)26(37)38)9-17(19)23(35)34-22-13-6-5-12(7-13)21(22)24(36)33-14-3-2-4-15(8-14)43(39,40)27(29,30)31/h2-6,8-13,21-22H,7H2,1H3,(H,33,36)(H,34,35)(H,37,38)/t12-,13+,21+,22-/m1/s1. The second kappa shape index (κ2) is 11.1. The van der Waals surface area contributed by atoms with Crippen LogP contribution in [-0.4, -0.2) is 55.0 Å². The number of aromatic nitrogens is 1. The fourth-order valence-corrected chi connectivity index (χ4v) is 6.85. The Hall–Kier alpha value is -4.31. The lowest BCUT2D eigenvalue weighted by Gasteiger charge is -2.28. The lowest BCUT2D eigenvalue weighted by Crippen LogP contribution is -2.47. The molecule has 226 valence electrons. The molecule has 1 saturated carbocycles. The lowest BCUT2D eigenvalue weighted by molar-refractivity contribution is -0.121. The zero-order valence-corrected chi connectivity index (χ0v) is 23.5. The first kappa shape index (κ1) is 30.2. The van der Waals surface area contributed by atoms with Gasteiger partial charge in [-0.05, 0) is 42.5 Å². The quantitative estimate of drug-likeness (QED) is 0.241. The maximum absolute atomic E-state index is 14.9. The molecule has 3 N–H and O–H groups in total. The summed E-state index contributed by atoms with van der Waals surface area (Å²) in [6.45, 7) is 0. The van der Waals surface area contributed by atoms with E-state index in [2.05, 4.69) is 15.6 Å². The van der Waals surface area contributed by atoms with E-state index in [9.17, 15) is 45.5 Å². The van der Waals surface area contributed by atoms with Crippen molar-refractivity contribution in [2.24, 2.45) is 17.8 Å². The number of nitrogens with zero attached hydrogens (tertiary/aromatic N) is 1. The van der Waals surface area contributed by atoms with Gasteiger partial charge in [0.1, 0.15) is 21.5 Å². The zero-order valence-electron chi connectivity index (χ0n) is 21.9. The molecule has 4 atom stereocenters. The second-order valence-electron chi connectivity index (χ2n) is 9.81.